The number of nitrogens with two attached hydrogens (primary N) is 1. The van der Waals surface area contributed by atoms with Gasteiger partial charge in [-0.25, -0.2) is 0 Å². The molecule has 0 radical (unpaired) electrons. The van der Waals surface area contributed by atoms with Crippen LogP contribution in [-0.4, -0.2) is 37.7 Å². The van der Waals surface area contributed by atoms with Gasteiger partial charge in [0.15, 0.2) is 0 Å². The van der Waals surface area contributed by atoms with Crippen molar-refractivity contribution >= 4 is 11.6 Å². The smallest absolute Gasteiger partial charge is 0.0710 e. The minimum Gasteiger partial charge on any atom is -0.380 e. The summed E-state index contributed by atoms with van der Waals surface area (Å²) in [5.41, 5.74) is 7.34. The molecule has 3 nitrogen and oxygen atoms in total. The van der Waals surface area contributed by atoms with Gasteiger partial charge in [-0.1, -0.05) is 23.7 Å². The van der Waals surface area contributed by atoms with E-state index in [4.69, 9.17) is 22.1 Å². The Bertz CT molecular complexity index is 369. The molecular formula is C14H21ClN2O. The first kappa shape index (κ1) is 13.8. The van der Waals surface area contributed by atoms with Crippen LogP contribution in [0.25, 0.3) is 0 Å². The number of nitrogens with zero attached hydrogens (tertiary/aromatic N) is 1. The van der Waals surface area contributed by atoms with Crippen LogP contribution in [0, 0.1) is 0 Å². The van der Waals surface area contributed by atoms with E-state index in [1.807, 2.05) is 24.3 Å². The topological polar surface area (TPSA) is 38.5 Å². The van der Waals surface area contributed by atoms with E-state index in [1.165, 1.54) is 0 Å². The van der Waals surface area contributed by atoms with Crippen LogP contribution in [0.3, 0.4) is 0 Å². The zero-order chi connectivity index (χ0) is 13.0. The van der Waals surface area contributed by atoms with E-state index in [2.05, 4.69) is 4.90 Å². The fourth-order valence-electron chi connectivity index (χ4n) is 2.39. The molecule has 2 atom stereocenters. The molecule has 0 amide bonds. The monoisotopic (exact) mass is 268 g/mol. The highest BCUT2D eigenvalue weighted by molar-refractivity contribution is 6.30. The van der Waals surface area contributed by atoms with E-state index in [-0.39, 0.29) is 6.04 Å². The molecule has 18 heavy (non-hydrogen) atoms. The van der Waals surface area contributed by atoms with Crippen LogP contribution in [0.2, 0.25) is 5.02 Å². The van der Waals surface area contributed by atoms with Gasteiger partial charge in [0.25, 0.3) is 0 Å². The molecule has 0 aliphatic carbocycles. The Morgan fingerprint density at radius 1 is 1.44 bits per heavy atom. The van der Waals surface area contributed by atoms with Gasteiger partial charge in [0.05, 0.1) is 6.10 Å². The molecule has 0 bridgehead atoms. The van der Waals surface area contributed by atoms with E-state index in [1.54, 1.807) is 7.11 Å². The van der Waals surface area contributed by atoms with Crippen molar-refractivity contribution in [2.45, 2.75) is 25.0 Å². The Kier molecular flexibility index (Phi) is 5.01. The van der Waals surface area contributed by atoms with Gasteiger partial charge in [0.1, 0.15) is 0 Å². The Morgan fingerprint density at radius 2 is 2.17 bits per heavy atom. The Labute approximate surface area is 114 Å². The molecule has 4 heteroatoms. The molecule has 1 aromatic rings. The van der Waals surface area contributed by atoms with Crippen LogP contribution >= 0.6 is 11.6 Å². The molecule has 1 fully saturated rings. The summed E-state index contributed by atoms with van der Waals surface area (Å²) in [6.07, 6.45) is 2.50. The number of hydrogen-bond donors (Lipinski definition) is 1. The summed E-state index contributed by atoms with van der Waals surface area (Å²) in [4.78, 5) is 2.42. The lowest BCUT2D eigenvalue weighted by Gasteiger charge is -2.19. The Hall–Kier alpha value is -0.610. The van der Waals surface area contributed by atoms with E-state index in [0.29, 0.717) is 6.10 Å². The zero-order valence-electron chi connectivity index (χ0n) is 10.8. The molecule has 0 aromatic heterocycles. The summed E-state index contributed by atoms with van der Waals surface area (Å²) in [6, 6.07) is 7.90. The van der Waals surface area contributed by atoms with Crippen LogP contribution in [0.15, 0.2) is 24.3 Å². The van der Waals surface area contributed by atoms with Gasteiger partial charge < -0.3 is 15.4 Å². The lowest BCUT2D eigenvalue weighted by Crippen LogP contribution is -2.26. The summed E-state index contributed by atoms with van der Waals surface area (Å²) in [5.74, 6) is 0. The molecule has 2 N–H and O–H groups in total. The molecule has 1 aliphatic heterocycles. The van der Waals surface area contributed by atoms with Crippen molar-refractivity contribution in [2.75, 3.05) is 26.7 Å². The normalized spacial score (nSPS) is 22.3. The minimum atomic E-state index is 0.0869. The quantitative estimate of drug-likeness (QED) is 0.892. The third kappa shape index (κ3) is 3.69. The molecule has 1 aliphatic rings. The van der Waals surface area contributed by atoms with Crippen molar-refractivity contribution in [1.29, 1.82) is 0 Å². The fourth-order valence-corrected chi connectivity index (χ4v) is 2.52. The number of methoxy groups -OCH3 is 1. The van der Waals surface area contributed by atoms with E-state index >= 15 is 0 Å². The minimum absolute atomic E-state index is 0.0869. The summed E-state index contributed by atoms with van der Waals surface area (Å²) in [5, 5.41) is 0.758. The lowest BCUT2D eigenvalue weighted by atomic mass is 10.0. The predicted molar refractivity (Wildman–Crippen MR) is 74.9 cm³/mol. The van der Waals surface area contributed by atoms with E-state index in [0.717, 1.165) is 43.1 Å². The van der Waals surface area contributed by atoms with Crippen molar-refractivity contribution in [3.8, 4) is 0 Å². The van der Waals surface area contributed by atoms with Crippen LogP contribution in [0.5, 0.6) is 0 Å². The maximum Gasteiger partial charge on any atom is 0.0710 e. The van der Waals surface area contributed by atoms with Gasteiger partial charge in [0, 0.05) is 37.8 Å². The predicted octanol–water partition coefficient (Wildman–Crippen LogP) is 2.45. The third-order valence-electron chi connectivity index (χ3n) is 3.62. The van der Waals surface area contributed by atoms with Crippen LogP contribution < -0.4 is 5.73 Å². The standard InChI is InChI=1S/C14H21ClN2O/c1-18-13-6-8-17(10-13)9-7-14(16)11-2-4-12(15)5-3-11/h2-5,13-14H,6-10,16H2,1H3. The number of rotatable bonds is 5. The van der Waals surface area contributed by atoms with E-state index < -0.39 is 0 Å². The Balaban J connectivity index is 1.78. The van der Waals surface area contributed by atoms with Gasteiger partial charge in [-0.2, -0.15) is 0 Å². The number of benzene rings is 1. The van der Waals surface area contributed by atoms with Gasteiger partial charge >= 0.3 is 0 Å². The van der Waals surface area contributed by atoms with Gasteiger partial charge in [0.2, 0.25) is 0 Å². The Morgan fingerprint density at radius 3 is 2.78 bits per heavy atom. The molecule has 2 unspecified atom stereocenters. The van der Waals surface area contributed by atoms with Crippen LogP contribution in [0.4, 0.5) is 0 Å². The second-order valence-corrected chi connectivity index (χ2v) is 5.33. The molecule has 0 spiro atoms. The SMILES string of the molecule is COC1CCN(CCC(N)c2ccc(Cl)cc2)C1. The van der Waals surface area contributed by atoms with Crippen molar-refractivity contribution in [3.05, 3.63) is 34.9 Å². The zero-order valence-corrected chi connectivity index (χ0v) is 11.6. The fraction of sp³-hybridized carbons (Fsp3) is 0.571. The second kappa shape index (κ2) is 6.53. The summed E-state index contributed by atoms with van der Waals surface area (Å²) in [7, 11) is 1.79. The number of likely N-dealkylation sites (tertiary alicyclic amines) is 1. The molecule has 1 heterocycles. The number of halogens is 1. The van der Waals surface area contributed by atoms with Gasteiger partial charge in [-0.3, -0.25) is 0 Å². The van der Waals surface area contributed by atoms with Crippen molar-refractivity contribution in [2.24, 2.45) is 5.73 Å². The maximum absolute atomic E-state index is 6.19. The first-order chi connectivity index (χ1) is 8.69. The molecule has 0 saturated carbocycles. The molecule has 100 valence electrons. The number of hydrogen-bond acceptors (Lipinski definition) is 3. The molecular weight excluding hydrogens is 248 g/mol. The van der Waals surface area contributed by atoms with Crippen LogP contribution in [-0.2, 0) is 4.74 Å². The van der Waals surface area contributed by atoms with Gasteiger partial charge in [-0.15, -0.1) is 0 Å². The molecule has 1 aromatic carbocycles. The largest absolute Gasteiger partial charge is 0.380 e. The van der Waals surface area contributed by atoms with Crippen molar-refractivity contribution in [1.82, 2.24) is 4.90 Å². The summed E-state index contributed by atoms with van der Waals surface area (Å²) in [6.45, 7) is 3.18. The number of ether oxygens (including phenoxy) is 1. The summed E-state index contributed by atoms with van der Waals surface area (Å²) < 4.78 is 5.36. The second-order valence-electron chi connectivity index (χ2n) is 4.89. The van der Waals surface area contributed by atoms with Crippen LogP contribution in [0.1, 0.15) is 24.4 Å². The summed E-state index contributed by atoms with van der Waals surface area (Å²) >= 11 is 5.87. The first-order valence-corrected chi connectivity index (χ1v) is 6.83. The highest BCUT2D eigenvalue weighted by Gasteiger charge is 2.22. The first-order valence-electron chi connectivity index (χ1n) is 6.45. The maximum atomic E-state index is 6.19. The van der Waals surface area contributed by atoms with Crippen molar-refractivity contribution in [3.63, 3.8) is 0 Å². The molecule has 2 rings (SSSR count). The van der Waals surface area contributed by atoms with Crippen molar-refractivity contribution < 1.29 is 4.74 Å². The average Bonchev–Trinajstić information content (AvgIpc) is 2.85. The highest BCUT2D eigenvalue weighted by atomic mass is 35.5. The van der Waals surface area contributed by atoms with Gasteiger partial charge in [-0.05, 0) is 30.5 Å². The average molecular weight is 269 g/mol. The van der Waals surface area contributed by atoms with E-state index in [9.17, 15) is 0 Å². The molecule has 1 saturated heterocycles. The lowest BCUT2D eigenvalue weighted by molar-refractivity contribution is 0.108. The third-order valence-corrected chi connectivity index (χ3v) is 3.87. The highest BCUT2D eigenvalue weighted by Crippen LogP contribution is 2.19.